The lowest BCUT2D eigenvalue weighted by molar-refractivity contribution is -0.130. The Bertz CT molecular complexity index is 1140. The number of amides is 2. The molecule has 4 rings (SSSR count). The van der Waals surface area contributed by atoms with Gasteiger partial charge in [-0.2, -0.15) is 0 Å². The molecule has 0 radical (unpaired) electrons. The molecule has 0 saturated carbocycles. The Hall–Kier alpha value is -3.32. The van der Waals surface area contributed by atoms with Crippen molar-refractivity contribution in [2.24, 2.45) is 5.92 Å². The maximum absolute atomic E-state index is 13.1. The quantitative estimate of drug-likeness (QED) is 0.548. The molecule has 1 unspecified atom stereocenters. The zero-order chi connectivity index (χ0) is 22.5. The minimum absolute atomic E-state index is 0.101. The zero-order valence-electron chi connectivity index (χ0n) is 17.8. The highest BCUT2D eigenvalue weighted by molar-refractivity contribution is 7.16. The molecule has 7 heteroatoms. The number of halogens is 1. The van der Waals surface area contributed by atoms with E-state index in [4.69, 9.17) is 0 Å². The average molecular weight is 450 g/mol. The molecule has 1 aromatic carbocycles. The van der Waals surface area contributed by atoms with Gasteiger partial charge in [0.1, 0.15) is 11.6 Å². The number of pyridine rings is 1. The highest BCUT2D eigenvalue weighted by atomic mass is 32.1. The van der Waals surface area contributed by atoms with Crippen molar-refractivity contribution in [1.82, 2.24) is 9.88 Å². The van der Waals surface area contributed by atoms with Gasteiger partial charge in [-0.25, -0.2) is 9.37 Å². The highest BCUT2D eigenvalue weighted by Gasteiger charge is 2.28. The molecule has 1 fully saturated rings. The van der Waals surface area contributed by atoms with Gasteiger partial charge in [0.25, 0.3) is 0 Å². The number of nitrogens with zero attached hydrogens (tertiary/aromatic N) is 2. The maximum atomic E-state index is 13.1. The van der Waals surface area contributed by atoms with Gasteiger partial charge >= 0.3 is 0 Å². The fourth-order valence-electron chi connectivity index (χ4n) is 3.70. The van der Waals surface area contributed by atoms with Crippen LogP contribution in [0.2, 0.25) is 0 Å². The number of hydrogen-bond donors (Lipinski definition) is 1. The molecule has 1 atom stereocenters. The lowest BCUT2D eigenvalue weighted by Gasteiger charge is -2.31. The Balaban J connectivity index is 1.36. The number of carbonyl (C=O) groups is 2. The van der Waals surface area contributed by atoms with Crippen molar-refractivity contribution in [2.45, 2.75) is 19.8 Å². The predicted octanol–water partition coefficient (Wildman–Crippen LogP) is 5.15. The summed E-state index contributed by atoms with van der Waals surface area (Å²) in [6.07, 6.45) is 6.53. The van der Waals surface area contributed by atoms with Crippen LogP contribution >= 0.6 is 11.3 Å². The Kier molecular flexibility index (Phi) is 6.75. The van der Waals surface area contributed by atoms with Gasteiger partial charge in [-0.3, -0.25) is 9.59 Å². The molecule has 3 heterocycles. The van der Waals surface area contributed by atoms with E-state index >= 15 is 0 Å². The molecule has 0 bridgehead atoms. The van der Waals surface area contributed by atoms with Crippen LogP contribution in [0, 0.1) is 18.7 Å². The number of aromatic nitrogens is 1. The molecule has 0 aliphatic carbocycles. The third-order valence-corrected chi connectivity index (χ3v) is 6.60. The van der Waals surface area contributed by atoms with Crippen LogP contribution in [-0.4, -0.2) is 34.8 Å². The van der Waals surface area contributed by atoms with Crippen molar-refractivity contribution >= 4 is 35.0 Å². The summed E-state index contributed by atoms with van der Waals surface area (Å²) in [7, 11) is 0. The lowest BCUT2D eigenvalue weighted by Crippen LogP contribution is -2.43. The van der Waals surface area contributed by atoms with Crippen LogP contribution < -0.4 is 5.32 Å². The third-order valence-electron chi connectivity index (χ3n) is 5.50. The van der Waals surface area contributed by atoms with E-state index in [-0.39, 0.29) is 23.5 Å². The molecular weight excluding hydrogens is 425 g/mol. The first kappa shape index (κ1) is 21.9. The Morgan fingerprint density at radius 1 is 1.19 bits per heavy atom. The SMILES string of the molecule is Cc1cccnc1NC(=O)C1CCCN(C(=O)C=Cc2ccc(-c3ccc(F)cc3)s2)C1. The molecule has 2 aromatic heterocycles. The Morgan fingerprint density at radius 3 is 2.78 bits per heavy atom. The van der Waals surface area contributed by atoms with Crippen molar-refractivity contribution < 1.29 is 14.0 Å². The van der Waals surface area contributed by atoms with E-state index < -0.39 is 0 Å². The summed E-state index contributed by atoms with van der Waals surface area (Å²) in [6, 6.07) is 14.0. The van der Waals surface area contributed by atoms with Crippen LogP contribution in [0.1, 0.15) is 23.3 Å². The van der Waals surface area contributed by atoms with E-state index in [2.05, 4.69) is 10.3 Å². The second-order valence-electron chi connectivity index (χ2n) is 7.82. The highest BCUT2D eigenvalue weighted by Crippen LogP contribution is 2.29. The van der Waals surface area contributed by atoms with Crippen molar-refractivity contribution in [2.75, 3.05) is 18.4 Å². The largest absolute Gasteiger partial charge is 0.338 e. The number of carbonyl (C=O) groups excluding carboxylic acids is 2. The van der Waals surface area contributed by atoms with Crippen LogP contribution in [-0.2, 0) is 9.59 Å². The second kappa shape index (κ2) is 9.87. The van der Waals surface area contributed by atoms with Crippen LogP contribution in [0.15, 0.2) is 60.8 Å². The summed E-state index contributed by atoms with van der Waals surface area (Å²) in [5.41, 5.74) is 1.85. The number of nitrogens with one attached hydrogen (secondary N) is 1. The van der Waals surface area contributed by atoms with Crippen LogP contribution in [0.5, 0.6) is 0 Å². The summed E-state index contributed by atoms with van der Waals surface area (Å²) in [5, 5.41) is 2.89. The molecular formula is C25H24FN3O2S. The van der Waals surface area contributed by atoms with E-state index in [0.29, 0.717) is 18.9 Å². The normalized spacial score (nSPS) is 16.3. The van der Waals surface area contributed by atoms with Gasteiger partial charge in [-0.05, 0) is 67.3 Å². The number of thiophene rings is 1. The number of piperidine rings is 1. The number of aryl methyl sites for hydroxylation is 1. The van der Waals surface area contributed by atoms with E-state index in [9.17, 15) is 14.0 Å². The third kappa shape index (κ3) is 5.29. The first-order valence-corrected chi connectivity index (χ1v) is 11.4. The lowest BCUT2D eigenvalue weighted by atomic mass is 9.97. The number of likely N-dealkylation sites (tertiary alicyclic amines) is 1. The molecule has 1 aliphatic rings. The maximum Gasteiger partial charge on any atom is 0.246 e. The summed E-state index contributed by atoms with van der Waals surface area (Å²) in [4.78, 5) is 33.3. The second-order valence-corrected chi connectivity index (χ2v) is 8.94. The van der Waals surface area contributed by atoms with Gasteiger partial charge in [0.2, 0.25) is 11.8 Å². The van der Waals surface area contributed by atoms with Crippen molar-refractivity contribution in [3.05, 3.63) is 77.1 Å². The predicted molar refractivity (Wildman–Crippen MR) is 126 cm³/mol. The molecule has 2 amide bonds. The molecule has 3 aromatic rings. The smallest absolute Gasteiger partial charge is 0.246 e. The number of benzene rings is 1. The van der Waals surface area contributed by atoms with Crippen LogP contribution in [0.25, 0.3) is 16.5 Å². The Morgan fingerprint density at radius 2 is 2.00 bits per heavy atom. The minimum atomic E-state index is -0.264. The van der Waals surface area contributed by atoms with Gasteiger partial charge in [-0.1, -0.05) is 18.2 Å². The van der Waals surface area contributed by atoms with Gasteiger partial charge in [0.15, 0.2) is 0 Å². The summed E-state index contributed by atoms with van der Waals surface area (Å²) >= 11 is 1.54. The molecule has 164 valence electrons. The topological polar surface area (TPSA) is 62.3 Å². The Labute approximate surface area is 190 Å². The average Bonchev–Trinajstić information content (AvgIpc) is 3.28. The molecule has 5 nitrogen and oxygen atoms in total. The first-order valence-electron chi connectivity index (χ1n) is 10.5. The van der Waals surface area contributed by atoms with Crippen molar-refractivity contribution in [3.63, 3.8) is 0 Å². The molecule has 32 heavy (non-hydrogen) atoms. The summed E-state index contributed by atoms with van der Waals surface area (Å²) in [5.74, 6) is -0.159. The number of rotatable bonds is 5. The molecule has 1 saturated heterocycles. The standard InChI is InChI=1S/C25H24FN3O2S/c1-17-4-2-14-27-24(17)28-25(31)19-5-3-15-29(16-19)23(30)13-11-21-10-12-22(32-21)18-6-8-20(26)9-7-18/h2,4,6-14,19H,3,5,15-16H2,1H3,(H,27,28,31). The fourth-order valence-corrected chi connectivity index (χ4v) is 4.61. The molecule has 1 aliphatic heterocycles. The van der Waals surface area contributed by atoms with Gasteiger partial charge in [0.05, 0.1) is 5.92 Å². The molecule has 1 N–H and O–H groups in total. The van der Waals surface area contributed by atoms with Crippen LogP contribution in [0.3, 0.4) is 0 Å². The van der Waals surface area contributed by atoms with E-state index in [1.807, 2.05) is 31.2 Å². The van der Waals surface area contributed by atoms with E-state index in [0.717, 1.165) is 33.7 Å². The minimum Gasteiger partial charge on any atom is -0.338 e. The molecule has 0 spiro atoms. The fraction of sp³-hybridized carbons (Fsp3) is 0.240. The number of anilines is 1. The number of hydrogen-bond acceptors (Lipinski definition) is 4. The van der Waals surface area contributed by atoms with E-state index in [1.165, 1.54) is 23.5 Å². The van der Waals surface area contributed by atoms with Gasteiger partial charge in [-0.15, -0.1) is 11.3 Å². The van der Waals surface area contributed by atoms with Crippen LogP contribution in [0.4, 0.5) is 10.2 Å². The van der Waals surface area contributed by atoms with E-state index in [1.54, 1.807) is 35.4 Å². The monoisotopic (exact) mass is 449 g/mol. The van der Waals surface area contributed by atoms with Crippen molar-refractivity contribution in [3.8, 4) is 10.4 Å². The van der Waals surface area contributed by atoms with Gasteiger partial charge in [0, 0.05) is 35.1 Å². The van der Waals surface area contributed by atoms with Gasteiger partial charge < -0.3 is 10.2 Å². The summed E-state index contributed by atoms with van der Waals surface area (Å²) in [6.45, 7) is 2.93. The van der Waals surface area contributed by atoms with Crippen molar-refractivity contribution in [1.29, 1.82) is 0 Å². The zero-order valence-corrected chi connectivity index (χ0v) is 18.6. The summed E-state index contributed by atoms with van der Waals surface area (Å²) < 4.78 is 13.1. The first-order chi connectivity index (χ1) is 15.5.